The molecular weight excluding hydrogens is 353 g/mol. The van der Waals surface area contributed by atoms with Crippen molar-refractivity contribution < 1.29 is 23.3 Å². The molecule has 27 heavy (non-hydrogen) atoms. The van der Waals surface area contributed by atoms with Gasteiger partial charge in [-0.05, 0) is 72.7 Å². The van der Waals surface area contributed by atoms with Gasteiger partial charge in [0, 0.05) is 5.56 Å². The summed E-state index contributed by atoms with van der Waals surface area (Å²) in [6, 6.07) is 12.6. The van der Waals surface area contributed by atoms with E-state index in [9.17, 15) is 9.18 Å². The summed E-state index contributed by atoms with van der Waals surface area (Å²) in [6.45, 7) is 3.62. The second-order valence-electron chi connectivity index (χ2n) is 5.94. The molecule has 140 valence electrons. The molecule has 0 saturated carbocycles. The topological polar surface area (TPSA) is 86.5 Å². The summed E-state index contributed by atoms with van der Waals surface area (Å²) >= 11 is 0. The number of carbonyl (C=O) groups is 1. The quantitative estimate of drug-likeness (QED) is 0.682. The average molecular weight is 371 g/mol. The Morgan fingerprint density at radius 2 is 1.74 bits per heavy atom. The van der Waals surface area contributed by atoms with Crippen molar-refractivity contribution in [1.82, 2.24) is 10.3 Å². The van der Waals surface area contributed by atoms with Crippen LogP contribution in [0.4, 0.5) is 10.2 Å². The van der Waals surface area contributed by atoms with Crippen LogP contribution in [0.3, 0.4) is 0 Å². The lowest BCUT2D eigenvalue weighted by molar-refractivity contribution is -0.118. The highest BCUT2D eigenvalue weighted by molar-refractivity contribution is 5.94. The van der Waals surface area contributed by atoms with Crippen molar-refractivity contribution in [3.05, 3.63) is 54.3 Å². The van der Waals surface area contributed by atoms with Crippen molar-refractivity contribution in [3.63, 3.8) is 0 Å². The Morgan fingerprint density at radius 3 is 2.41 bits per heavy atom. The number of benzene rings is 2. The molecule has 1 amide bonds. The summed E-state index contributed by atoms with van der Waals surface area (Å²) in [7, 11) is 0. The van der Waals surface area contributed by atoms with Crippen molar-refractivity contribution in [1.29, 1.82) is 0 Å². The van der Waals surface area contributed by atoms with E-state index in [2.05, 4.69) is 15.6 Å². The van der Waals surface area contributed by atoms with Gasteiger partial charge in [0.05, 0.1) is 6.10 Å². The summed E-state index contributed by atoms with van der Waals surface area (Å²) in [4.78, 5) is 12.1. The predicted octanol–water partition coefficient (Wildman–Crippen LogP) is 3.68. The number of ether oxygens (including phenoxy) is 2. The molecule has 0 spiro atoms. The van der Waals surface area contributed by atoms with E-state index in [1.54, 1.807) is 24.3 Å². The lowest BCUT2D eigenvalue weighted by Gasteiger charge is -2.09. The van der Waals surface area contributed by atoms with E-state index in [1.807, 2.05) is 13.8 Å². The third kappa shape index (κ3) is 5.04. The first-order chi connectivity index (χ1) is 13.0. The Morgan fingerprint density at radius 1 is 1.07 bits per heavy atom. The van der Waals surface area contributed by atoms with E-state index in [-0.39, 0.29) is 24.3 Å². The van der Waals surface area contributed by atoms with Gasteiger partial charge in [-0.2, -0.15) is 0 Å². The summed E-state index contributed by atoms with van der Waals surface area (Å²) in [6.07, 6.45) is 0.0699. The number of hydrogen-bond donors (Lipinski definition) is 1. The molecule has 7 nitrogen and oxygen atoms in total. The molecule has 1 heterocycles. The lowest BCUT2D eigenvalue weighted by Crippen LogP contribution is -2.20. The highest BCUT2D eigenvalue weighted by Gasteiger charge is 2.15. The molecular formula is C19H18FN3O4. The van der Waals surface area contributed by atoms with Gasteiger partial charge in [-0.3, -0.25) is 4.79 Å². The molecule has 2 aromatic carbocycles. The van der Waals surface area contributed by atoms with Crippen molar-refractivity contribution in [2.75, 3.05) is 11.9 Å². The SMILES string of the molecule is CC(C)Oc1ccc(-c2nonc2NC(=O)COc2ccc(F)cc2)cc1. The molecule has 0 radical (unpaired) electrons. The number of halogens is 1. The van der Waals surface area contributed by atoms with Crippen molar-refractivity contribution in [3.8, 4) is 22.8 Å². The zero-order chi connectivity index (χ0) is 19.2. The smallest absolute Gasteiger partial charge is 0.263 e. The number of carbonyl (C=O) groups excluding carboxylic acids is 1. The van der Waals surface area contributed by atoms with Gasteiger partial charge in [-0.15, -0.1) is 0 Å². The van der Waals surface area contributed by atoms with Gasteiger partial charge in [0.25, 0.3) is 5.91 Å². The first-order valence-electron chi connectivity index (χ1n) is 8.29. The maximum Gasteiger partial charge on any atom is 0.263 e. The fourth-order valence-corrected chi connectivity index (χ4v) is 2.27. The molecule has 0 atom stereocenters. The second kappa shape index (κ2) is 8.31. The van der Waals surface area contributed by atoms with Crippen LogP contribution in [0, 0.1) is 5.82 Å². The zero-order valence-electron chi connectivity index (χ0n) is 14.8. The van der Waals surface area contributed by atoms with Gasteiger partial charge in [0.15, 0.2) is 12.3 Å². The van der Waals surface area contributed by atoms with Crippen molar-refractivity contribution in [2.24, 2.45) is 0 Å². The monoisotopic (exact) mass is 371 g/mol. The van der Waals surface area contributed by atoms with Crippen LogP contribution in [0.15, 0.2) is 53.2 Å². The summed E-state index contributed by atoms with van der Waals surface area (Å²) in [5, 5.41) is 10.1. The van der Waals surface area contributed by atoms with Gasteiger partial charge >= 0.3 is 0 Å². The maximum atomic E-state index is 12.9. The van der Waals surface area contributed by atoms with Crippen LogP contribution in [0.5, 0.6) is 11.5 Å². The Bertz CT molecular complexity index is 892. The fraction of sp³-hybridized carbons (Fsp3) is 0.211. The molecule has 3 rings (SSSR count). The van der Waals surface area contributed by atoms with Crippen LogP contribution in [-0.2, 0) is 4.79 Å². The van der Waals surface area contributed by atoms with E-state index >= 15 is 0 Å². The largest absolute Gasteiger partial charge is 0.491 e. The molecule has 0 aliphatic rings. The fourth-order valence-electron chi connectivity index (χ4n) is 2.27. The summed E-state index contributed by atoms with van der Waals surface area (Å²) in [5.41, 5.74) is 1.10. The third-order valence-corrected chi connectivity index (χ3v) is 3.43. The van der Waals surface area contributed by atoms with E-state index in [4.69, 9.17) is 14.1 Å². The molecule has 0 aliphatic heterocycles. The van der Waals surface area contributed by atoms with Crippen molar-refractivity contribution >= 4 is 11.7 Å². The first kappa shape index (κ1) is 18.4. The number of nitrogens with zero attached hydrogens (tertiary/aromatic N) is 2. The van der Waals surface area contributed by atoms with E-state index < -0.39 is 5.91 Å². The summed E-state index contributed by atoms with van der Waals surface area (Å²) < 4.78 is 28.5. The van der Waals surface area contributed by atoms with Gasteiger partial charge in [-0.25, -0.2) is 9.02 Å². The second-order valence-corrected chi connectivity index (χ2v) is 5.94. The predicted molar refractivity (Wildman–Crippen MR) is 96.0 cm³/mol. The molecule has 0 fully saturated rings. The normalized spacial score (nSPS) is 10.7. The average Bonchev–Trinajstić information content (AvgIpc) is 3.09. The van der Waals surface area contributed by atoms with Crippen LogP contribution in [0.25, 0.3) is 11.3 Å². The zero-order valence-corrected chi connectivity index (χ0v) is 14.8. The molecule has 0 bridgehead atoms. The first-order valence-corrected chi connectivity index (χ1v) is 8.29. The minimum Gasteiger partial charge on any atom is -0.491 e. The van der Waals surface area contributed by atoms with Crippen LogP contribution in [0.2, 0.25) is 0 Å². The molecule has 3 aromatic rings. The van der Waals surface area contributed by atoms with E-state index in [1.165, 1.54) is 24.3 Å². The van der Waals surface area contributed by atoms with Crippen LogP contribution in [0.1, 0.15) is 13.8 Å². The maximum absolute atomic E-state index is 12.9. The number of rotatable bonds is 7. The molecule has 1 aromatic heterocycles. The number of aromatic nitrogens is 2. The third-order valence-electron chi connectivity index (χ3n) is 3.43. The standard InChI is InChI=1S/C19H18FN3O4/c1-12(2)26-16-7-3-13(4-8-16)18-19(23-27-22-18)21-17(24)11-25-15-9-5-14(20)6-10-15/h3-10,12H,11H2,1-2H3,(H,21,23,24). The van der Waals surface area contributed by atoms with Crippen LogP contribution >= 0.6 is 0 Å². The molecule has 0 unspecified atom stereocenters. The molecule has 1 N–H and O–H groups in total. The van der Waals surface area contributed by atoms with Gasteiger partial charge in [-0.1, -0.05) is 0 Å². The van der Waals surface area contributed by atoms with E-state index in [0.717, 1.165) is 5.75 Å². The van der Waals surface area contributed by atoms with Crippen molar-refractivity contribution in [2.45, 2.75) is 20.0 Å². The van der Waals surface area contributed by atoms with Crippen LogP contribution in [-0.4, -0.2) is 28.9 Å². The number of hydrogen-bond acceptors (Lipinski definition) is 6. The minimum atomic E-state index is -0.448. The number of nitrogens with one attached hydrogen (secondary N) is 1. The highest BCUT2D eigenvalue weighted by Crippen LogP contribution is 2.26. The Hall–Kier alpha value is -3.42. The number of amides is 1. The minimum absolute atomic E-state index is 0.0699. The van der Waals surface area contributed by atoms with E-state index in [0.29, 0.717) is 17.0 Å². The number of anilines is 1. The Kier molecular flexibility index (Phi) is 5.65. The van der Waals surface area contributed by atoms with Gasteiger partial charge < -0.3 is 14.8 Å². The summed E-state index contributed by atoms with van der Waals surface area (Å²) in [5.74, 6) is 0.459. The highest BCUT2D eigenvalue weighted by atomic mass is 19.1. The van der Waals surface area contributed by atoms with Gasteiger partial charge in [0.1, 0.15) is 17.3 Å². The lowest BCUT2D eigenvalue weighted by atomic mass is 10.1. The van der Waals surface area contributed by atoms with Crippen LogP contribution < -0.4 is 14.8 Å². The Balaban J connectivity index is 1.62. The molecule has 8 heteroatoms. The Labute approximate surface area is 155 Å². The molecule has 0 aliphatic carbocycles. The van der Waals surface area contributed by atoms with Gasteiger partial charge in [0.2, 0.25) is 5.82 Å². The molecule has 0 saturated heterocycles.